The Balaban J connectivity index is 2.13. The van der Waals surface area contributed by atoms with Gasteiger partial charge in [-0.15, -0.1) is 0 Å². The Morgan fingerprint density at radius 2 is 1.75 bits per heavy atom. The molecule has 2 aromatic rings. The van der Waals surface area contributed by atoms with Crippen molar-refractivity contribution in [3.8, 4) is 11.5 Å². The maximum Gasteiger partial charge on any atom is 0.326 e. The van der Waals surface area contributed by atoms with Crippen molar-refractivity contribution in [3.05, 3.63) is 54.1 Å². The minimum absolute atomic E-state index is 0.193. The van der Waals surface area contributed by atoms with Crippen molar-refractivity contribution in [3.63, 3.8) is 0 Å². The number of carbonyl (C=O) groups is 1. The van der Waals surface area contributed by atoms with E-state index in [2.05, 4.69) is 5.32 Å². The van der Waals surface area contributed by atoms with Gasteiger partial charge in [-0.1, -0.05) is 24.3 Å². The zero-order chi connectivity index (χ0) is 14.5. The molecule has 4 N–H and O–H groups in total. The van der Waals surface area contributed by atoms with Crippen molar-refractivity contribution in [2.45, 2.75) is 12.5 Å². The maximum absolute atomic E-state index is 11.3. The van der Waals surface area contributed by atoms with E-state index in [0.29, 0.717) is 11.3 Å². The monoisotopic (exact) mass is 273 g/mol. The normalized spacial score (nSPS) is 11.8. The summed E-state index contributed by atoms with van der Waals surface area (Å²) in [6, 6.07) is 12.5. The Morgan fingerprint density at radius 3 is 2.35 bits per heavy atom. The first kappa shape index (κ1) is 13.7. The molecule has 0 aromatic heterocycles. The first-order chi connectivity index (χ1) is 9.56. The van der Waals surface area contributed by atoms with Gasteiger partial charge in [-0.2, -0.15) is 0 Å². The standard InChI is InChI=1S/C15H15NO4/c17-13-7-6-10(9-14(13)18)8-12(15(19)20)16-11-4-2-1-3-5-11/h1-7,9,12,16-18H,8H2,(H,19,20). The number of carboxylic acid groups (broad SMARTS) is 1. The van der Waals surface area contributed by atoms with Gasteiger partial charge in [0.25, 0.3) is 0 Å². The lowest BCUT2D eigenvalue weighted by molar-refractivity contribution is -0.137. The van der Waals surface area contributed by atoms with Gasteiger partial charge in [-0.3, -0.25) is 0 Å². The SMILES string of the molecule is O=C(O)C(Cc1ccc(O)c(O)c1)Nc1ccccc1. The van der Waals surface area contributed by atoms with Crippen LogP contribution in [0.1, 0.15) is 5.56 Å². The van der Waals surface area contributed by atoms with Crippen molar-refractivity contribution in [2.24, 2.45) is 0 Å². The van der Waals surface area contributed by atoms with Crippen LogP contribution >= 0.6 is 0 Å². The summed E-state index contributed by atoms with van der Waals surface area (Å²) in [5.74, 6) is -1.47. The fraction of sp³-hybridized carbons (Fsp3) is 0.133. The fourth-order valence-electron chi connectivity index (χ4n) is 1.87. The molecule has 1 unspecified atom stereocenters. The number of rotatable bonds is 5. The second-order valence-electron chi connectivity index (χ2n) is 4.43. The maximum atomic E-state index is 11.3. The van der Waals surface area contributed by atoms with Crippen molar-refractivity contribution < 1.29 is 20.1 Å². The Morgan fingerprint density at radius 1 is 1.05 bits per heavy atom. The van der Waals surface area contributed by atoms with E-state index in [4.69, 9.17) is 0 Å². The fourth-order valence-corrected chi connectivity index (χ4v) is 1.87. The molecular formula is C15H15NO4. The van der Waals surface area contributed by atoms with Gasteiger partial charge >= 0.3 is 5.97 Å². The van der Waals surface area contributed by atoms with Gasteiger partial charge in [0.05, 0.1) is 0 Å². The van der Waals surface area contributed by atoms with Gasteiger partial charge in [-0.25, -0.2) is 4.79 Å². The smallest absolute Gasteiger partial charge is 0.326 e. The molecule has 0 bridgehead atoms. The molecule has 5 heteroatoms. The molecule has 20 heavy (non-hydrogen) atoms. The van der Waals surface area contributed by atoms with Crippen molar-refractivity contribution >= 4 is 11.7 Å². The molecule has 104 valence electrons. The largest absolute Gasteiger partial charge is 0.504 e. The van der Waals surface area contributed by atoms with Gasteiger partial charge in [0.1, 0.15) is 6.04 Å². The van der Waals surface area contributed by atoms with Crippen LogP contribution < -0.4 is 5.32 Å². The molecule has 0 aliphatic carbocycles. The third-order valence-corrected chi connectivity index (χ3v) is 2.89. The highest BCUT2D eigenvalue weighted by molar-refractivity contribution is 5.77. The zero-order valence-corrected chi connectivity index (χ0v) is 10.7. The third-order valence-electron chi connectivity index (χ3n) is 2.89. The van der Waals surface area contributed by atoms with Crippen LogP contribution in [0, 0.1) is 0 Å². The van der Waals surface area contributed by atoms with E-state index < -0.39 is 12.0 Å². The van der Waals surface area contributed by atoms with Gasteiger partial charge in [0, 0.05) is 12.1 Å². The number of nitrogens with one attached hydrogen (secondary N) is 1. The Bertz CT molecular complexity index is 598. The van der Waals surface area contributed by atoms with Crippen LogP contribution in [0.25, 0.3) is 0 Å². The average Bonchev–Trinajstić information content (AvgIpc) is 2.43. The summed E-state index contributed by atoms with van der Waals surface area (Å²) in [5, 5.41) is 30.8. The van der Waals surface area contributed by atoms with Gasteiger partial charge in [0.2, 0.25) is 0 Å². The van der Waals surface area contributed by atoms with Crippen LogP contribution in [-0.2, 0) is 11.2 Å². The minimum atomic E-state index is -0.985. The van der Waals surface area contributed by atoms with E-state index in [1.807, 2.05) is 18.2 Å². The third kappa shape index (κ3) is 3.41. The lowest BCUT2D eigenvalue weighted by atomic mass is 10.0. The predicted octanol–water partition coefficient (Wildman–Crippen LogP) is 2.21. The Hall–Kier alpha value is -2.69. The molecule has 0 amide bonds. The summed E-state index contributed by atoms with van der Waals surface area (Å²) >= 11 is 0. The molecule has 2 aromatic carbocycles. The molecular weight excluding hydrogens is 258 g/mol. The van der Waals surface area contributed by atoms with Crippen molar-refractivity contribution in [1.29, 1.82) is 0 Å². The van der Waals surface area contributed by atoms with E-state index in [-0.39, 0.29) is 17.9 Å². The molecule has 0 spiro atoms. The number of hydrogen-bond acceptors (Lipinski definition) is 4. The number of para-hydroxylation sites is 1. The van der Waals surface area contributed by atoms with E-state index in [1.165, 1.54) is 12.1 Å². The van der Waals surface area contributed by atoms with E-state index in [1.54, 1.807) is 18.2 Å². The molecule has 0 aliphatic heterocycles. The molecule has 0 fully saturated rings. The van der Waals surface area contributed by atoms with Crippen molar-refractivity contribution in [1.82, 2.24) is 0 Å². The Labute approximate surface area is 116 Å². The highest BCUT2D eigenvalue weighted by Gasteiger charge is 2.18. The summed E-state index contributed by atoms with van der Waals surface area (Å²) in [6.45, 7) is 0. The van der Waals surface area contributed by atoms with Crippen LogP contribution in [0.4, 0.5) is 5.69 Å². The van der Waals surface area contributed by atoms with Crippen LogP contribution in [0.5, 0.6) is 11.5 Å². The number of phenolic OH excluding ortho intramolecular Hbond substituents is 2. The van der Waals surface area contributed by atoms with Crippen molar-refractivity contribution in [2.75, 3.05) is 5.32 Å². The number of aliphatic carboxylic acids is 1. The molecule has 0 saturated carbocycles. The van der Waals surface area contributed by atoms with Crippen LogP contribution in [0.3, 0.4) is 0 Å². The molecule has 0 saturated heterocycles. The molecule has 0 aliphatic rings. The number of aromatic hydroxyl groups is 2. The average molecular weight is 273 g/mol. The number of anilines is 1. The number of carboxylic acids is 1. The second-order valence-corrected chi connectivity index (χ2v) is 4.43. The molecule has 2 rings (SSSR count). The van der Waals surface area contributed by atoms with E-state index >= 15 is 0 Å². The van der Waals surface area contributed by atoms with Gasteiger partial charge < -0.3 is 20.6 Å². The minimum Gasteiger partial charge on any atom is -0.504 e. The summed E-state index contributed by atoms with van der Waals surface area (Å²) in [7, 11) is 0. The molecule has 5 nitrogen and oxygen atoms in total. The number of phenols is 2. The first-order valence-corrected chi connectivity index (χ1v) is 6.11. The molecule has 1 atom stereocenters. The quantitative estimate of drug-likeness (QED) is 0.627. The highest BCUT2D eigenvalue weighted by Crippen LogP contribution is 2.25. The lowest BCUT2D eigenvalue weighted by Crippen LogP contribution is -2.31. The number of hydrogen-bond donors (Lipinski definition) is 4. The topological polar surface area (TPSA) is 89.8 Å². The summed E-state index contributed by atoms with van der Waals surface area (Å²) < 4.78 is 0. The lowest BCUT2D eigenvalue weighted by Gasteiger charge is -2.16. The summed E-state index contributed by atoms with van der Waals surface area (Å²) in [5.41, 5.74) is 1.33. The number of benzene rings is 2. The second kappa shape index (κ2) is 5.97. The van der Waals surface area contributed by atoms with Crippen LogP contribution in [0.2, 0.25) is 0 Å². The molecule has 0 heterocycles. The van der Waals surface area contributed by atoms with E-state index in [9.17, 15) is 20.1 Å². The summed E-state index contributed by atoms with van der Waals surface area (Å²) in [6.07, 6.45) is 0.193. The van der Waals surface area contributed by atoms with Gasteiger partial charge in [-0.05, 0) is 29.8 Å². The van der Waals surface area contributed by atoms with Crippen LogP contribution in [0.15, 0.2) is 48.5 Å². The molecule has 0 radical (unpaired) electrons. The predicted molar refractivity (Wildman–Crippen MR) is 75.0 cm³/mol. The Kier molecular flexibility index (Phi) is 4.10. The first-order valence-electron chi connectivity index (χ1n) is 6.11. The van der Waals surface area contributed by atoms with Crippen LogP contribution in [-0.4, -0.2) is 27.3 Å². The van der Waals surface area contributed by atoms with Gasteiger partial charge in [0.15, 0.2) is 11.5 Å². The summed E-state index contributed by atoms with van der Waals surface area (Å²) in [4.78, 5) is 11.3. The highest BCUT2D eigenvalue weighted by atomic mass is 16.4. The van der Waals surface area contributed by atoms with E-state index in [0.717, 1.165) is 0 Å². The zero-order valence-electron chi connectivity index (χ0n) is 10.7.